The van der Waals surface area contributed by atoms with Crippen molar-refractivity contribution < 1.29 is 14.6 Å². The van der Waals surface area contributed by atoms with Crippen molar-refractivity contribution in [2.75, 3.05) is 0 Å². The van der Waals surface area contributed by atoms with Crippen LogP contribution in [0, 0.1) is 11.8 Å². The average Bonchev–Trinajstić information content (AvgIpc) is 3.09. The Balaban J connectivity index is 1.66. The second kappa shape index (κ2) is 7.68. The van der Waals surface area contributed by atoms with Gasteiger partial charge in [0.1, 0.15) is 29.4 Å². The fourth-order valence-electron chi connectivity index (χ4n) is 2.80. The second-order valence-corrected chi connectivity index (χ2v) is 6.07. The van der Waals surface area contributed by atoms with Gasteiger partial charge in [0.2, 0.25) is 0 Å². The van der Waals surface area contributed by atoms with Crippen molar-refractivity contribution in [2.24, 2.45) is 0 Å². The van der Waals surface area contributed by atoms with Gasteiger partial charge in [-0.3, -0.25) is 4.40 Å². The molecule has 0 aliphatic carbocycles. The molecule has 5 heteroatoms. The first-order chi connectivity index (χ1) is 13.7. The molecule has 28 heavy (non-hydrogen) atoms. The van der Waals surface area contributed by atoms with Crippen molar-refractivity contribution >= 4 is 11.6 Å². The standard InChI is InChI=1S/C23H16N2O3/c26-23(27)18-9-6-10-19(15-18)28-16-20-21(13-12-17-7-2-1-3-8-17)25-14-5-4-11-22(25)24-20/h1-11,14-15H,16H2,(H,26,27). The lowest BCUT2D eigenvalue weighted by Gasteiger charge is -2.05. The Morgan fingerprint density at radius 3 is 2.64 bits per heavy atom. The fourth-order valence-corrected chi connectivity index (χ4v) is 2.80. The molecule has 0 radical (unpaired) electrons. The summed E-state index contributed by atoms with van der Waals surface area (Å²) in [5.74, 6) is 5.83. The number of imidazole rings is 1. The number of aromatic nitrogens is 2. The molecule has 0 saturated carbocycles. The SMILES string of the molecule is O=C(O)c1cccc(OCc2nc3ccccn3c2C#Cc2ccccc2)c1. The molecule has 5 nitrogen and oxygen atoms in total. The maximum Gasteiger partial charge on any atom is 0.335 e. The molecule has 136 valence electrons. The zero-order valence-corrected chi connectivity index (χ0v) is 14.9. The number of carboxylic acids is 1. The lowest BCUT2D eigenvalue weighted by Crippen LogP contribution is -2.01. The summed E-state index contributed by atoms with van der Waals surface area (Å²) in [4.78, 5) is 15.7. The van der Waals surface area contributed by atoms with E-state index in [2.05, 4.69) is 16.8 Å². The van der Waals surface area contributed by atoms with E-state index in [0.717, 1.165) is 16.9 Å². The van der Waals surface area contributed by atoms with Gasteiger partial charge in [0, 0.05) is 11.8 Å². The number of pyridine rings is 1. The molecule has 0 saturated heterocycles. The number of carbonyl (C=O) groups is 1. The molecule has 2 aromatic carbocycles. The number of ether oxygens (including phenoxy) is 1. The minimum atomic E-state index is -0.993. The van der Waals surface area contributed by atoms with Gasteiger partial charge in [0.15, 0.2) is 0 Å². The third-order valence-electron chi connectivity index (χ3n) is 4.16. The van der Waals surface area contributed by atoms with Gasteiger partial charge in [-0.05, 0) is 48.4 Å². The highest BCUT2D eigenvalue weighted by atomic mass is 16.5. The van der Waals surface area contributed by atoms with Crippen molar-refractivity contribution in [1.82, 2.24) is 9.38 Å². The zero-order valence-electron chi connectivity index (χ0n) is 14.9. The topological polar surface area (TPSA) is 63.8 Å². The molecule has 2 heterocycles. The minimum absolute atomic E-state index is 0.177. The molecular weight excluding hydrogens is 352 g/mol. The van der Waals surface area contributed by atoms with E-state index in [1.807, 2.05) is 59.1 Å². The third-order valence-corrected chi connectivity index (χ3v) is 4.16. The predicted octanol–water partition coefficient (Wildman–Crippen LogP) is 4.01. The summed E-state index contributed by atoms with van der Waals surface area (Å²) in [5.41, 5.74) is 3.30. The van der Waals surface area contributed by atoms with Gasteiger partial charge in [0.25, 0.3) is 0 Å². The second-order valence-electron chi connectivity index (χ2n) is 6.07. The third kappa shape index (κ3) is 3.71. The summed E-state index contributed by atoms with van der Waals surface area (Å²) in [7, 11) is 0. The van der Waals surface area contributed by atoms with E-state index in [-0.39, 0.29) is 12.2 Å². The number of fused-ring (bicyclic) bond motifs is 1. The molecule has 0 atom stereocenters. The first-order valence-electron chi connectivity index (χ1n) is 8.70. The highest BCUT2D eigenvalue weighted by Gasteiger charge is 2.11. The van der Waals surface area contributed by atoms with Crippen LogP contribution in [0.25, 0.3) is 5.65 Å². The number of benzene rings is 2. The summed E-state index contributed by atoms with van der Waals surface area (Å²) in [6.45, 7) is 0.184. The van der Waals surface area contributed by atoms with Gasteiger partial charge in [-0.1, -0.05) is 36.3 Å². The first kappa shape index (κ1) is 17.4. The zero-order chi connectivity index (χ0) is 19.3. The molecule has 0 unspecified atom stereocenters. The number of nitrogens with zero attached hydrogens (tertiary/aromatic N) is 2. The van der Waals surface area contributed by atoms with Crippen molar-refractivity contribution in [2.45, 2.75) is 6.61 Å². The maximum absolute atomic E-state index is 11.1. The maximum atomic E-state index is 11.1. The number of hydrogen-bond acceptors (Lipinski definition) is 3. The summed E-state index contributed by atoms with van der Waals surface area (Å²) in [6.07, 6.45) is 1.91. The number of aromatic carboxylic acids is 1. The summed E-state index contributed by atoms with van der Waals surface area (Å²) in [5, 5.41) is 9.12. The number of hydrogen-bond donors (Lipinski definition) is 1. The average molecular weight is 368 g/mol. The number of carboxylic acid groups (broad SMARTS) is 1. The van der Waals surface area contributed by atoms with Crippen LogP contribution in [0.15, 0.2) is 79.0 Å². The molecule has 2 aromatic heterocycles. The van der Waals surface area contributed by atoms with Crippen LogP contribution < -0.4 is 4.74 Å². The smallest absolute Gasteiger partial charge is 0.335 e. The molecule has 0 aliphatic rings. The van der Waals surface area contributed by atoms with Crippen molar-refractivity contribution in [1.29, 1.82) is 0 Å². The molecule has 0 spiro atoms. The van der Waals surface area contributed by atoms with Gasteiger partial charge < -0.3 is 9.84 Å². The Bertz CT molecular complexity index is 1200. The Kier molecular flexibility index (Phi) is 4.77. The largest absolute Gasteiger partial charge is 0.487 e. The molecule has 0 aliphatic heterocycles. The summed E-state index contributed by atoms with van der Waals surface area (Å²) < 4.78 is 7.72. The molecule has 1 N–H and O–H groups in total. The summed E-state index contributed by atoms with van der Waals surface area (Å²) >= 11 is 0. The Hall–Kier alpha value is -4.04. The van der Waals surface area contributed by atoms with E-state index in [9.17, 15) is 4.79 Å². The Labute approximate surface area is 161 Å². The Morgan fingerprint density at radius 2 is 1.82 bits per heavy atom. The van der Waals surface area contributed by atoms with Crippen LogP contribution in [0.4, 0.5) is 0 Å². The van der Waals surface area contributed by atoms with E-state index < -0.39 is 5.97 Å². The molecule has 0 bridgehead atoms. The van der Waals surface area contributed by atoms with Crippen molar-refractivity contribution in [3.63, 3.8) is 0 Å². The van der Waals surface area contributed by atoms with Crippen LogP contribution in [-0.2, 0) is 6.61 Å². The lowest BCUT2D eigenvalue weighted by molar-refractivity contribution is 0.0696. The first-order valence-corrected chi connectivity index (χ1v) is 8.70. The van der Waals surface area contributed by atoms with Gasteiger partial charge in [-0.15, -0.1) is 0 Å². The van der Waals surface area contributed by atoms with E-state index in [0.29, 0.717) is 11.4 Å². The van der Waals surface area contributed by atoms with Crippen molar-refractivity contribution in [3.05, 3.63) is 102 Å². The summed E-state index contributed by atoms with van der Waals surface area (Å²) in [6, 6.07) is 21.9. The predicted molar refractivity (Wildman–Crippen MR) is 105 cm³/mol. The quantitative estimate of drug-likeness (QED) is 0.553. The van der Waals surface area contributed by atoms with E-state index >= 15 is 0 Å². The van der Waals surface area contributed by atoms with Crippen molar-refractivity contribution in [3.8, 4) is 17.6 Å². The molecular formula is C23H16N2O3. The van der Waals surface area contributed by atoms with Gasteiger partial charge in [-0.2, -0.15) is 0 Å². The van der Waals surface area contributed by atoms with Gasteiger partial charge in [0.05, 0.1) is 5.56 Å². The van der Waals surface area contributed by atoms with Gasteiger partial charge in [-0.25, -0.2) is 9.78 Å². The number of rotatable bonds is 4. The molecule has 4 aromatic rings. The highest BCUT2D eigenvalue weighted by Crippen LogP contribution is 2.18. The highest BCUT2D eigenvalue weighted by molar-refractivity contribution is 5.88. The fraction of sp³-hybridized carbons (Fsp3) is 0.0435. The minimum Gasteiger partial charge on any atom is -0.487 e. The monoisotopic (exact) mass is 368 g/mol. The van der Waals surface area contributed by atoms with E-state index in [1.54, 1.807) is 12.1 Å². The van der Waals surface area contributed by atoms with Gasteiger partial charge >= 0.3 is 5.97 Å². The van der Waals surface area contributed by atoms with Crippen LogP contribution in [0.5, 0.6) is 5.75 Å². The molecule has 4 rings (SSSR count). The lowest BCUT2D eigenvalue weighted by atomic mass is 10.2. The van der Waals surface area contributed by atoms with Crippen LogP contribution in [0.2, 0.25) is 0 Å². The molecule has 0 fully saturated rings. The van der Waals surface area contributed by atoms with E-state index in [1.165, 1.54) is 12.1 Å². The van der Waals surface area contributed by atoms with Crippen LogP contribution in [0.3, 0.4) is 0 Å². The normalized spacial score (nSPS) is 10.3. The Morgan fingerprint density at radius 1 is 1.00 bits per heavy atom. The molecule has 0 amide bonds. The van der Waals surface area contributed by atoms with Crippen LogP contribution >= 0.6 is 0 Å². The van der Waals surface area contributed by atoms with E-state index in [4.69, 9.17) is 9.84 Å². The van der Waals surface area contributed by atoms with Crippen LogP contribution in [-0.4, -0.2) is 20.5 Å². The van der Waals surface area contributed by atoms with Crippen LogP contribution in [0.1, 0.15) is 27.3 Å².